The summed E-state index contributed by atoms with van der Waals surface area (Å²) < 4.78 is 1.75. The lowest BCUT2D eigenvalue weighted by Crippen LogP contribution is -2.33. The van der Waals surface area contributed by atoms with E-state index in [1.807, 2.05) is 63.4 Å². The fourth-order valence-electron chi connectivity index (χ4n) is 3.90. The average Bonchev–Trinajstić information content (AvgIpc) is 3.08. The van der Waals surface area contributed by atoms with Crippen LogP contribution in [0.3, 0.4) is 0 Å². The van der Waals surface area contributed by atoms with Gasteiger partial charge in [0.05, 0.1) is 22.3 Å². The largest absolute Gasteiger partial charge is 0.354 e. The molecule has 2 N–H and O–H groups in total. The molecule has 2 aromatic heterocycles. The number of hydrogen-bond donors (Lipinski definition) is 2. The summed E-state index contributed by atoms with van der Waals surface area (Å²) in [4.78, 5) is 17.8. The Hall–Kier alpha value is -3.67. The summed E-state index contributed by atoms with van der Waals surface area (Å²) >= 11 is 0. The molecule has 6 heteroatoms. The smallest absolute Gasteiger partial charge is 0.255 e. The van der Waals surface area contributed by atoms with Crippen molar-refractivity contribution < 1.29 is 4.79 Å². The van der Waals surface area contributed by atoms with Crippen molar-refractivity contribution in [3.8, 4) is 0 Å². The third-order valence-corrected chi connectivity index (χ3v) is 5.68. The highest BCUT2D eigenvalue weighted by molar-refractivity contribution is 6.08. The minimum absolute atomic E-state index is 0.0284. The molecule has 0 saturated heterocycles. The third-order valence-electron chi connectivity index (χ3n) is 5.68. The van der Waals surface area contributed by atoms with Crippen LogP contribution in [-0.4, -0.2) is 26.7 Å². The summed E-state index contributed by atoms with van der Waals surface area (Å²) in [6, 6.07) is 18.5. The van der Waals surface area contributed by atoms with Crippen molar-refractivity contribution in [3.05, 3.63) is 83.2 Å². The van der Waals surface area contributed by atoms with Crippen LogP contribution in [0.25, 0.3) is 11.0 Å². The van der Waals surface area contributed by atoms with E-state index in [-0.39, 0.29) is 11.9 Å². The number of carbonyl (C=O) groups is 1. The van der Waals surface area contributed by atoms with Crippen LogP contribution >= 0.6 is 0 Å². The van der Waals surface area contributed by atoms with Crippen LogP contribution in [0.15, 0.2) is 60.8 Å². The van der Waals surface area contributed by atoms with Crippen LogP contribution in [0.4, 0.5) is 11.4 Å². The number of fused-ring (bicyclic) bond motifs is 1. The first-order valence-corrected chi connectivity index (χ1v) is 10.9. The van der Waals surface area contributed by atoms with Gasteiger partial charge >= 0.3 is 0 Å². The van der Waals surface area contributed by atoms with Gasteiger partial charge in [-0.25, -0.2) is 4.98 Å². The van der Waals surface area contributed by atoms with E-state index in [4.69, 9.17) is 0 Å². The van der Waals surface area contributed by atoms with Crippen LogP contribution in [0.1, 0.15) is 40.5 Å². The second-order valence-electron chi connectivity index (χ2n) is 8.34. The Morgan fingerprint density at radius 2 is 1.78 bits per heavy atom. The molecule has 2 heterocycles. The Labute approximate surface area is 188 Å². The Bertz CT molecular complexity index is 1230. The van der Waals surface area contributed by atoms with Gasteiger partial charge in [0.15, 0.2) is 5.65 Å². The number of nitrogens with zero attached hydrogens (tertiary/aromatic N) is 3. The summed E-state index contributed by atoms with van der Waals surface area (Å²) in [5.41, 5.74) is 6.18. The summed E-state index contributed by atoms with van der Waals surface area (Å²) in [5.74, 6) is -0.141. The quantitative estimate of drug-likeness (QED) is 0.431. The van der Waals surface area contributed by atoms with Crippen LogP contribution < -0.4 is 10.6 Å². The number of benzene rings is 2. The molecule has 0 spiro atoms. The van der Waals surface area contributed by atoms with E-state index < -0.39 is 0 Å². The predicted octanol–water partition coefficient (Wildman–Crippen LogP) is 5.08. The van der Waals surface area contributed by atoms with Gasteiger partial charge in [-0.15, -0.1) is 0 Å². The summed E-state index contributed by atoms with van der Waals surface area (Å²) in [6.45, 7) is 6.03. The number of nitrogens with one attached hydrogen (secondary N) is 2. The van der Waals surface area contributed by atoms with Gasteiger partial charge in [0.1, 0.15) is 0 Å². The molecule has 0 aliphatic heterocycles. The number of aromatic nitrogens is 3. The molecule has 0 radical (unpaired) electrons. The lowest BCUT2D eigenvalue weighted by Gasteiger charge is -2.17. The van der Waals surface area contributed by atoms with Gasteiger partial charge in [0.2, 0.25) is 0 Å². The maximum atomic E-state index is 13.3. The topological polar surface area (TPSA) is 71.8 Å². The minimum atomic E-state index is -0.141. The molecule has 0 aliphatic carbocycles. The van der Waals surface area contributed by atoms with Crippen molar-refractivity contribution in [2.75, 3.05) is 5.32 Å². The summed E-state index contributed by atoms with van der Waals surface area (Å²) in [6.07, 6.45) is 3.41. The van der Waals surface area contributed by atoms with E-state index in [0.717, 1.165) is 40.9 Å². The lowest BCUT2D eigenvalue weighted by molar-refractivity contribution is 0.0939. The van der Waals surface area contributed by atoms with Crippen molar-refractivity contribution in [1.82, 2.24) is 20.1 Å². The molecule has 0 saturated carbocycles. The Morgan fingerprint density at radius 1 is 1.06 bits per heavy atom. The Balaban J connectivity index is 1.61. The number of carbonyl (C=O) groups excluding carboxylic acids is 1. The van der Waals surface area contributed by atoms with Crippen molar-refractivity contribution in [3.63, 3.8) is 0 Å². The third kappa shape index (κ3) is 4.64. The van der Waals surface area contributed by atoms with E-state index in [0.29, 0.717) is 5.56 Å². The summed E-state index contributed by atoms with van der Waals surface area (Å²) in [7, 11) is 1.86. The molecule has 0 bridgehead atoms. The van der Waals surface area contributed by atoms with Gasteiger partial charge in [-0.05, 0) is 51.3 Å². The highest BCUT2D eigenvalue weighted by Crippen LogP contribution is 2.31. The minimum Gasteiger partial charge on any atom is -0.354 e. The van der Waals surface area contributed by atoms with Gasteiger partial charge in [-0.3, -0.25) is 9.48 Å². The van der Waals surface area contributed by atoms with Crippen LogP contribution in [0.2, 0.25) is 0 Å². The number of amides is 1. The normalized spacial score (nSPS) is 12.0. The average molecular weight is 428 g/mol. The molecular weight excluding hydrogens is 398 g/mol. The van der Waals surface area contributed by atoms with E-state index in [9.17, 15) is 4.79 Å². The van der Waals surface area contributed by atoms with E-state index in [1.54, 1.807) is 10.9 Å². The van der Waals surface area contributed by atoms with Gasteiger partial charge < -0.3 is 10.6 Å². The van der Waals surface area contributed by atoms with Gasteiger partial charge in [0, 0.05) is 25.0 Å². The fraction of sp³-hybridized carbons (Fsp3) is 0.269. The zero-order chi connectivity index (χ0) is 22.7. The second kappa shape index (κ2) is 9.22. The van der Waals surface area contributed by atoms with Crippen molar-refractivity contribution in [1.29, 1.82) is 0 Å². The monoisotopic (exact) mass is 427 g/mol. The zero-order valence-corrected chi connectivity index (χ0v) is 19.0. The predicted molar refractivity (Wildman–Crippen MR) is 129 cm³/mol. The standard InChI is InChI=1S/C26H29N5O/c1-17-10-14-21(15-11-17)29-24-22(16-27-25-23(24)19(3)30-31(25)4)26(32)28-18(2)12-13-20-8-6-5-7-9-20/h5-11,14-16,18H,12-13H2,1-4H3,(H,27,29)(H,28,32). The molecule has 164 valence electrons. The van der Waals surface area contributed by atoms with Crippen LogP contribution in [0, 0.1) is 13.8 Å². The van der Waals surface area contributed by atoms with Gasteiger partial charge in [-0.2, -0.15) is 5.10 Å². The molecule has 4 aromatic rings. The van der Waals surface area contributed by atoms with E-state index in [2.05, 4.69) is 39.8 Å². The first kappa shape index (κ1) is 21.6. The highest BCUT2D eigenvalue weighted by atomic mass is 16.1. The first-order chi connectivity index (χ1) is 15.4. The number of hydrogen-bond acceptors (Lipinski definition) is 4. The summed E-state index contributed by atoms with van der Waals surface area (Å²) in [5, 5.41) is 12.0. The zero-order valence-electron chi connectivity index (χ0n) is 19.0. The number of anilines is 2. The molecular formula is C26H29N5O. The Morgan fingerprint density at radius 3 is 2.50 bits per heavy atom. The molecule has 0 aliphatic rings. The molecule has 1 unspecified atom stereocenters. The van der Waals surface area contributed by atoms with Gasteiger partial charge in [-0.1, -0.05) is 48.0 Å². The fourth-order valence-corrected chi connectivity index (χ4v) is 3.90. The molecule has 32 heavy (non-hydrogen) atoms. The maximum absolute atomic E-state index is 13.3. The molecule has 6 nitrogen and oxygen atoms in total. The van der Waals surface area contributed by atoms with Crippen LogP contribution in [0.5, 0.6) is 0 Å². The Kier molecular flexibility index (Phi) is 6.21. The lowest BCUT2D eigenvalue weighted by atomic mass is 10.1. The first-order valence-electron chi connectivity index (χ1n) is 10.9. The van der Waals surface area contributed by atoms with Gasteiger partial charge in [0.25, 0.3) is 5.91 Å². The molecule has 0 fully saturated rings. The van der Waals surface area contributed by atoms with Crippen molar-refractivity contribution >= 4 is 28.3 Å². The number of rotatable bonds is 7. The number of pyridine rings is 1. The van der Waals surface area contributed by atoms with Crippen molar-refractivity contribution in [2.45, 2.75) is 39.7 Å². The molecule has 4 rings (SSSR count). The molecule has 1 amide bonds. The highest BCUT2D eigenvalue weighted by Gasteiger charge is 2.21. The molecule has 2 aromatic carbocycles. The number of aryl methyl sites for hydroxylation is 4. The van der Waals surface area contributed by atoms with Crippen LogP contribution in [-0.2, 0) is 13.5 Å². The molecule has 1 atom stereocenters. The maximum Gasteiger partial charge on any atom is 0.255 e. The van der Waals surface area contributed by atoms with Crippen molar-refractivity contribution in [2.24, 2.45) is 7.05 Å². The van der Waals surface area contributed by atoms with E-state index >= 15 is 0 Å². The second-order valence-corrected chi connectivity index (χ2v) is 8.34. The van der Waals surface area contributed by atoms with E-state index in [1.165, 1.54) is 11.1 Å². The SMILES string of the molecule is Cc1ccc(Nc2c(C(=O)NC(C)CCc3ccccc3)cnc3c2c(C)nn3C)cc1.